The maximum atomic E-state index is 13.1. The highest BCUT2D eigenvalue weighted by Gasteiger charge is 2.35. The van der Waals surface area contributed by atoms with E-state index in [-0.39, 0.29) is 10.7 Å². The zero-order valence-electron chi connectivity index (χ0n) is 15.4. The highest BCUT2D eigenvalue weighted by molar-refractivity contribution is 7.80. The van der Waals surface area contributed by atoms with Gasteiger partial charge in [-0.2, -0.15) is 0 Å². The van der Waals surface area contributed by atoms with Crippen LogP contribution in [0.3, 0.4) is 0 Å². The van der Waals surface area contributed by atoms with Crippen molar-refractivity contribution in [1.82, 2.24) is 5.32 Å². The minimum Gasteiger partial charge on any atom is -0.493 e. The molecule has 0 atom stereocenters. The fourth-order valence-electron chi connectivity index (χ4n) is 2.79. The van der Waals surface area contributed by atoms with E-state index in [1.165, 1.54) is 25.2 Å². The van der Waals surface area contributed by atoms with Crippen LogP contribution in [0, 0.1) is 6.92 Å². The van der Waals surface area contributed by atoms with E-state index in [0.29, 0.717) is 27.8 Å². The number of amides is 2. The number of thiocarbonyl (C=S) groups is 1. The molecule has 1 fully saturated rings. The van der Waals surface area contributed by atoms with Crippen molar-refractivity contribution in [3.63, 3.8) is 0 Å². The minimum atomic E-state index is -0.589. The molecular formula is C20H17ClN2O4S. The number of methoxy groups -OCH3 is 2. The second kappa shape index (κ2) is 8.00. The first kappa shape index (κ1) is 19.9. The first-order valence-electron chi connectivity index (χ1n) is 8.26. The molecule has 6 nitrogen and oxygen atoms in total. The van der Waals surface area contributed by atoms with Crippen molar-refractivity contribution in [3.05, 3.63) is 58.1 Å². The molecular weight excluding hydrogens is 400 g/mol. The quantitative estimate of drug-likeness (QED) is 0.469. The summed E-state index contributed by atoms with van der Waals surface area (Å²) in [5, 5.41) is 3.02. The Kier molecular flexibility index (Phi) is 5.67. The first-order valence-corrected chi connectivity index (χ1v) is 9.04. The summed E-state index contributed by atoms with van der Waals surface area (Å²) in [7, 11) is 2.99. The second-order valence-corrected chi connectivity index (χ2v) is 6.77. The van der Waals surface area contributed by atoms with Crippen LogP contribution in [0.4, 0.5) is 5.69 Å². The van der Waals surface area contributed by atoms with Crippen molar-refractivity contribution in [3.8, 4) is 11.5 Å². The minimum absolute atomic E-state index is 0.00956. The van der Waals surface area contributed by atoms with Crippen LogP contribution in [0.15, 0.2) is 42.0 Å². The number of aryl methyl sites for hydroxylation is 1. The fourth-order valence-corrected chi connectivity index (χ4v) is 3.25. The van der Waals surface area contributed by atoms with E-state index in [1.54, 1.807) is 36.4 Å². The summed E-state index contributed by atoms with van der Waals surface area (Å²) in [6.45, 7) is 1.85. The van der Waals surface area contributed by atoms with Crippen molar-refractivity contribution < 1.29 is 19.1 Å². The van der Waals surface area contributed by atoms with Crippen molar-refractivity contribution in [1.29, 1.82) is 0 Å². The molecule has 2 amide bonds. The Morgan fingerprint density at radius 2 is 1.89 bits per heavy atom. The summed E-state index contributed by atoms with van der Waals surface area (Å²) in [4.78, 5) is 26.8. The Hall–Kier alpha value is -2.90. The molecule has 2 aromatic rings. The van der Waals surface area contributed by atoms with Gasteiger partial charge in [0, 0.05) is 10.6 Å². The topological polar surface area (TPSA) is 67.9 Å². The predicted octanol–water partition coefficient (Wildman–Crippen LogP) is 3.50. The van der Waals surface area contributed by atoms with E-state index in [2.05, 4.69) is 5.32 Å². The molecule has 144 valence electrons. The molecule has 1 aliphatic rings. The summed E-state index contributed by atoms with van der Waals surface area (Å²) in [6, 6.07) is 10.3. The molecule has 0 spiro atoms. The predicted molar refractivity (Wildman–Crippen MR) is 112 cm³/mol. The van der Waals surface area contributed by atoms with Gasteiger partial charge < -0.3 is 9.47 Å². The average Bonchev–Trinajstić information content (AvgIpc) is 2.67. The summed E-state index contributed by atoms with van der Waals surface area (Å²) in [6.07, 6.45) is 1.45. The number of carbonyl (C=O) groups is 2. The SMILES string of the molecule is COc1cccc(/C=C2\C(=O)NC(=S)N(c3ccc(C)c(Cl)c3)C2=O)c1OC. The zero-order valence-corrected chi connectivity index (χ0v) is 17.0. The number of halogens is 1. The van der Waals surface area contributed by atoms with Gasteiger partial charge in [0.1, 0.15) is 5.57 Å². The van der Waals surface area contributed by atoms with E-state index in [0.717, 1.165) is 5.56 Å². The van der Waals surface area contributed by atoms with Crippen molar-refractivity contribution >= 4 is 52.5 Å². The normalized spacial score (nSPS) is 15.6. The lowest BCUT2D eigenvalue weighted by Crippen LogP contribution is -2.54. The van der Waals surface area contributed by atoms with Gasteiger partial charge in [0.2, 0.25) is 0 Å². The number of para-hydroxylation sites is 1. The van der Waals surface area contributed by atoms with E-state index in [9.17, 15) is 9.59 Å². The highest BCUT2D eigenvalue weighted by atomic mass is 35.5. The molecule has 0 radical (unpaired) electrons. The summed E-state index contributed by atoms with van der Waals surface area (Å²) >= 11 is 11.4. The molecule has 1 aliphatic heterocycles. The Labute approximate surface area is 172 Å². The van der Waals surface area contributed by atoms with Crippen LogP contribution in [0.5, 0.6) is 11.5 Å². The zero-order chi connectivity index (χ0) is 20.4. The van der Waals surface area contributed by atoms with Crippen LogP contribution < -0.4 is 19.7 Å². The molecule has 0 aliphatic carbocycles. The molecule has 0 aromatic heterocycles. The van der Waals surface area contributed by atoms with Crippen molar-refractivity contribution in [2.75, 3.05) is 19.1 Å². The molecule has 1 saturated heterocycles. The lowest BCUT2D eigenvalue weighted by molar-refractivity contribution is -0.122. The van der Waals surface area contributed by atoms with Gasteiger partial charge >= 0.3 is 0 Å². The molecule has 0 unspecified atom stereocenters. The number of carbonyl (C=O) groups excluding carboxylic acids is 2. The van der Waals surface area contributed by atoms with Crippen molar-refractivity contribution in [2.24, 2.45) is 0 Å². The summed E-state index contributed by atoms with van der Waals surface area (Å²) in [5.41, 5.74) is 1.77. The fraction of sp³-hybridized carbons (Fsp3) is 0.150. The van der Waals surface area contributed by atoms with Crippen LogP contribution in [-0.2, 0) is 9.59 Å². The highest BCUT2D eigenvalue weighted by Crippen LogP contribution is 2.33. The van der Waals surface area contributed by atoms with Gasteiger partial charge in [0.05, 0.1) is 19.9 Å². The number of hydrogen-bond donors (Lipinski definition) is 1. The van der Waals surface area contributed by atoms with Gasteiger partial charge in [-0.25, -0.2) is 0 Å². The Balaban J connectivity index is 2.08. The number of hydrogen-bond acceptors (Lipinski definition) is 5. The molecule has 28 heavy (non-hydrogen) atoms. The lowest BCUT2D eigenvalue weighted by atomic mass is 10.1. The molecule has 8 heteroatoms. The number of ether oxygens (including phenoxy) is 2. The number of anilines is 1. The Morgan fingerprint density at radius 1 is 1.14 bits per heavy atom. The lowest BCUT2D eigenvalue weighted by Gasteiger charge is -2.29. The third-order valence-electron chi connectivity index (χ3n) is 4.25. The van der Waals surface area contributed by atoms with Crippen LogP contribution in [0.1, 0.15) is 11.1 Å². The van der Waals surface area contributed by atoms with E-state index < -0.39 is 11.8 Å². The summed E-state index contributed by atoms with van der Waals surface area (Å²) in [5.74, 6) is -0.248. The summed E-state index contributed by atoms with van der Waals surface area (Å²) < 4.78 is 10.6. The maximum Gasteiger partial charge on any atom is 0.270 e. The molecule has 3 rings (SSSR count). The van der Waals surface area contributed by atoms with Crippen LogP contribution in [0.25, 0.3) is 6.08 Å². The average molecular weight is 417 g/mol. The standard InChI is InChI=1S/C20H17ClN2O4S/c1-11-7-8-13(10-15(11)21)23-19(25)14(18(24)22-20(23)28)9-12-5-4-6-16(26-2)17(12)27-3/h4-10H,1-3H3,(H,22,24,28)/b14-9+. The van der Waals surface area contributed by atoms with E-state index in [4.69, 9.17) is 33.3 Å². The third-order valence-corrected chi connectivity index (χ3v) is 4.94. The monoisotopic (exact) mass is 416 g/mol. The molecule has 1 N–H and O–H groups in total. The van der Waals surface area contributed by atoms with Gasteiger partial charge in [-0.1, -0.05) is 29.8 Å². The van der Waals surface area contributed by atoms with Gasteiger partial charge in [-0.05, 0) is 49.0 Å². The van der Waals surface area contributed by atoms with Crippen LogP contribution >= 0.6 is 23.8 Å². The number of nitrogens with zero attached hydrogens (tertiary/aromatic N) is 1. The largest absolute Gasteiger partial charge is 0.493 e. The van der Waals surface area contributed by atoms with Gasteiger partial charge in [0.15, 0.2) is 16.6 Å². The molecule has 2 aromatic carbocycles. The molecule has 0 saturated carbocycles. The number of benzene rings is 2. The van der Waals surface area contributed by atoms with Gasteiger partial charge in [-0.15, -0.1) is 0 Å². The van der Waals surface area contributed by atoms with E-state index in [1.807, 2.05) is 6.92 Å². The molecule has 1 heterocycles. The first-order chi connectivity index (χ1) is 13.4. The molecule has 0 bridgehead atoms. The number of rotatable bonds is 4. The van der Waals surface area contributed by atoms with Crippen molar-refractivity contribution in [2.45, 2.75) is 6.92 Å². The third kappa shape index (κ3) is 3.58. The maximum absolute atomic E-state index is 13.1. The van der Waals surface area contributed by atoms with Crippen LogP contribution in [-0.4, -0.2) is 31.1 Å². The second-order valence-electron chi connectivity index (χ2n) is 5.97. The number of nitrogens with one attached hydrogen (secondary N) is 1. The van der Waals surface area contributed by atoms with E-state index >= 15 is 0 Å². The Morgan fingerprint density at radius 3 is 2.54 bits per heavy atom. The van der Waals surface area contributed by atoms with Gasteiger partial charge in [0.25, 0.3) is 11.8 Å². The van der Waals surface area contributed by atoms with Gasteiger partial charge in [-0.3, -0.25) is 19.8 Å². The smallest absolute Gasteiger partial charge is 0.270 e. The Bertz CT molecular complexity index is 1020. The van der Waals surface area contributed by atoms with Crippen LogP contribution in [0.2, 0.25) is 5.02 Å².